The van der Waals surface area contributed by atoms with Gasteiger partial charge in [0.05, 0.1) is 6.61 Å². The van der Waals surface area contributed by atoms with Crippen LogP contribution in [-0.2, 0) is 5.75 Å². The molecule has 0 aromatic carbocycles. The van der Waals surface area contributed by atoms with Gasteiger partial charge in [-0.25, -0.2) is 9.97 Å². The maximum atomic E-state index is 12.1. The van der Waals surface area contributed by atoms with E-state index in [0.717, 1.165) is 20.9 Å². The largest absolute Gasteiger partial charge is 0.488 e. The zero-order valence-corrected chi connectivity index (χ0v) is 15.5. The number of nitrogens with zero attached hydrogens (tertiary/aromatic N) is 2. The van der Waals surface area contributed by atoms with Gasteiger partial charge in [-0.3, -0.25) is 4.79 Å². The van der Waals surface area contributed by atoms with E-state index in [-0.39, 0.29) is 5.43 Å². The minimum absolute atomic E-state index is 0.0933. The second-order valence-corrected chi connectivity index (χ2v) is 8.13. The van der Waals surface area contributed by atoms with Crippen molar-refractivity contribution < 1.29 is 4.74 Å². The maximum absolute atomic E-state index is 12.1. The van der Waals surface area contributed by atoms with Crippen LogP contribution >= 0.6 is 23.1 Å². The molecule has 0 fully saturated rings. The number of thioether (sulfide) groups is 1. The summed E-state index contributed by atoms with van der Waals surface area (Å²) in [5.74, 6) is 1.39. The quantitative estimate of drug-likeness (QED) is 0.531. The molecule has 0 bridgehead atoms. The molecule has 126 valence electrons. The summed E-state index contributed by atoms with van der Waals surface area (Å²) in [7, 11) is 0. The number of rotatable bonds is 6. The molecule has 7 heteroatoms. The lowest BCUT2D eigenvalue weighted by Gasteiger charge is -2.08. The number of H-pyrrole nitrogens is 1. The van der Waals surface area contributed by atoms with Crippen molar-refractivity contribution in [2.24, 2.45) is 5.92 Å². The monoisotopic (exact) mass is 361 g/mol. The number of aromatic amines is 1. The molecular weight excluding hydrogens is 342 g/mol. The van der Waals surface area contributed by atoms with Crippen LogP contribution < -0.4 is 10.2 Å². The number of thiophene rings is 1. The number of hydrogen-bond acceptors (Lipinski definition) is 6. The van der Waals surface area contributed by atoms with Gasteiger partial charge in [0, 0.05) is 34.0 Å². The number of ether oxygens (including phenoxy) is 1. The van der Waals surface area contributed by atoms with Crippen LogP contribution in [0.3, 0.4) is 0 Å². The molecule has 3 aromatic heterocycles. The van der Waals surface area contributed by atoms with Crippen LogP contribution in [0.4, 0.5) is 0 Å². The molecule has 0 aliphatic heterocycles. The highest BCUT2D eigenvalue weighted by atomic mass is 32.2. The molecule has 0 amide bonds. The third kappa shape index (κ3) is 3.96. The number of fused-ring (bicyclic) bond motifs is 1. The van der Waals surface area contributed by atoms with Crippen molar-refractivity contribution in [3.63, 3.8) is 0 Å². The van der Waals surface area contributed by atoms with E-state index >= 15 is 0 Å². The Morgan fingerprint density at radius 3 is 2.92 bits per heavy atom. The van der Waals surface area contributed by atoms with Crippen LogP contribution in [-0.4, -0.2) is 21.6 Å². The van der Waals surface area contributed by atoms with Crippen LogP contribution in [0.25, 0.3) is 10.2 Å². The third-order valence-corrected chi connectivity index (χ3v) is 5.30. The highest BCUT2D eigenvalue weighted by Gasteiger charge is 2.09. The highest BCUT2D eigenvalue weighted by Crippen LogP contribution is 2.31. The first-order valence-electron chi connectivity index (χ1n) is 7.71. The summed E-state index contributed by atoms with van der Waals surface area (Å²) >= 11 is 3.26. The summed E-state index contributed by atoms with van der Waals surface area (Å²) in [4.78, 5) is 26.1. The van der Waals surface area contributed by atoms with Gasteiger partial charge in [-0.05, 0) is 18.9 Å². The minimum Gasteiger partial charge on any atom is -0.488 e. The predicted octanol–water partition coefficient (Wildman–Crippen LogP) is 4.02. The van der Waals surface area contributed by atoms with E-state index in [9.17, 15) is 4.79 Å². The van der Waals surface area contributed by atoms with Gasteiger partial charge in [-0.2, -0.15) is 0 Å². The van der Waals surface area contributed by atoms with E-state index in [1.165, 1.54) is 4.88 Å². The van der Waals surface area contributed by atoms with Gasteiger partial charge in [0.1, 0.15) is 16.2 Å². The van der Waals surface area contributed by atoms with Crippen molar-refractivity contribution >= 4 is 33.3 Å². The molecule has 0 saturated carbocycles. The Bertz CT molecular complexity index is 902. The molecule has 0 saturated heterocycles. The van der Waals surface area contributed by atoms with Crippen LogP contribution in [0.15, 0.2) is 34.5 Å². The van der Waals surface area contributed by atoms with Gasteiger partial charge in [-0.15, -0.1) is 11.3 Å². The van der Waals surface area contributed by atoms with Gasteiger partial charge in [0.25, 0.3) is 0 Å². The Balaban J connectivity index is 1.72. The normalized spacial score (nSPS) is 11.3. The molecule has 0 aliphatic rings. The average Bonchev–Trinajstić information content (AvgIpc) is 2.92. The first kappa shape index (κ1) is 17.0. The zero-order chi connectivity index (χ0) is 17.1. The lowest BCUT2D eigenvalue weighted by Crippen LogP contribution is -2.13. The predicted molar refractivity (Wildman–Crippen MR) is 99.1 cm³/mol. The van der Waals surface area contributed by atoms with E-state index in [0.29, 0.717) is 24.0 Å². The van der Waals surface area contributed by atoms with Crippen molar-refractivity contribution in [1.82, 2.24) is 15.0 Å². The fraction of sp³-hybridized carbons (Fsp3) is 0.353. The summed E-state index contributed by atoms with van der Waals surface area (Å²) in [6.07, 6.45) is 3.23. The number of hydrogen-bond donors (Lipinski definition) is 1. The Kier molecular flexibility index (Phi) is 5.20. The fourth-order valence-electron chi connectivity index (χ4n) is 2.17. The van der Waals surface area contributed by atoms with Gasteiger partial charge >= 0.3 is 0 Å². The van der Waals surface area contributed by atoms with Crippen molar-refractivity contribution in [3.8, 4) is 5.75 Å². The van der Waals surface area contributed by atoms with E-state index in [2.05, 4.69) is 27.9 Å². The summed E-state index contributed by atoms with van der Waals surface area (Å²) in [6, 6.07) is 3.70. The fourth-order valence-corrected chi connectivity index (χ4v) is 3.97. The van der Waals surface area contributed by atoms with Crippen LogP contribution in [0.5, 0.6) is 5.75 Å². The molecular formula is C17H19N3O2S2. The van der Waals surface area contributed by atoms with E-state index in [4.69, 9.17) is 4.74 Å². The van der Waals surface area contributed by atoms with Crippen molar-refractivity contribution in [2.75, 3.05) is 6.61 Å². The Labute approximate surface area is 148 Å². The molecule has 3 heterocycles. The molecule has 0 spiro atoms. The Morgan fingerprint density at radius 1 is 1.33 bits per heavy atom. The van der Waals surface area contributed by atoms with Crippen molar-refractivity contribution in [2.45, 2.75) is 31.6 Å². The van der Waals surface area contributed by atoms with Gasteiger partial charge in [-0.1, -0.05) is 25.6 Å². The van der Waals surface area contributed by atoms with Crippen LogP contribution in [0, 0.1) is 12.8 Å². The first-order valence-corrected chi connectivity index (χ1v) is 9.51. The summed E-state index contributed by atoms with van der Waals surface area (Å²) in [5, 5.41) is 2.01. The smallest absolute Gasteiger partial charge is 0.223 e. The summed E-state index contributed by atoms with van der Waals surface area (Å²) < 4.78 is 5.51. The van der Waals surface area contributed by atoms with Crippen molar-refractivity contribution in [1.29, 1.82) is 0 Å². The summed E-state index contributed by atoms with van der Waals surface area (Å²) in [6.45, 7) is 6.70. The van der Waals surface area contributed by atoms with Crippen LogP contribution in [0.1, 0.15) is 24.4 Å². The molecule has 0 atom stereocenters. The summed E-state index contributed by atoms with van der Waals surface area (Å²) in [5.41, 5.74) is 0.754. The Hall–Kier alpha value is -1.86. The number of pyridine rings is 1. The van der Waals surface area contributed by atoms with Gasteiger partial charge in [0.15, 0.2) is 5.75 Å². The minimum atomic E-state index is -0.0933. The molecule has 0 unspecified atom stereocenters. The number of aromatic nitrogens is 3. The number of nitrogens with one attached hydrogen (secondary N) is 1. The Morgan fingerprint density at radius 2 is 2.17 bits per heavy atom. The van der Waals surface area contributed by atoms with E-state index in [1.54, 1.807) is 41.7 Å². The van der Waals surface area contributed by atoms with Gasteiger partial charge in [0.2, 0.25) is 5.43 Å². The standard InChI is InChI=1S/C17H19N3O2S2/c1-10(2)7-22-15-6-18-12(5-14(15)21)8-23-16-13-4-11(3)24-17(13)20-9-19-16/h4-6,9-10H,7-8H2,1-3H3,(H,18,21). The zero-order valence-electron chi connectivity index (χ0n) is 13.8. The molecule has 5 nitrogen and oxygen atoms in total. The second-order valence-electron chi connectivity index (χ2n) is 5.93. The SMILES string of the molecule is Cc1cc2c(SCc3cc(=O)c(OCC(C)C)c[nH]3)ncnc2s1. The maximum Gasteiger partial charge on any atom is 0.223 e. The number of aryl methyl sites for hydroxylation is 1. The second kappa shape index (κ2) is 7.36. The third-order valence-electron chi connectivity index (χ3n) is 3.29. The molecule has 0 radical (unpaired) electrons. The average molecular weight is 361 g/mol. The van der Waals surface area contributed by atoms with E-state index < -0.39 is 0 Å². The molecule has 3 rings (SSSR count). The molecule has 0 aliphatic carbocycles. The lowest BCUT2D eigenvalue weighted by atomic mass is 10.2. The van der Waals surface area contributed by atoms with Crippen molar-refractivity contribution in [3.05, 3.63) is 45.5 Å². The lowest BCUT2D eigenvalue weighted by molar-refractivity contribution is 0.268. The van der Waals surface area contributed by atoms with E-state index in [1.807, 2.05) is 13.8 Å². The molecule has 3 aromatic rings. The van der Waals surface area contributed by atoms with Gasteiger partial charge < -0.3 is 9.72 Å². The first-order chi connectivity index (χ1) is 11.5. The topological polar surface area (TPSA) is 67.9 Å². The molecule has 1 N–H and O–H groups in total. The molecule has 24 heavy (non-hydrogen) atoms. The van der Waals surface area contributed by atoms with Crippen LogP contribution in [0.2, 0.25) is 0 Å². The highest BCUT2D eigenvalue weighted by molar-refractivity contribution is 7.98.